The summed E-state index contributed by atoms with van der Waals surface area (Å²) in [5, 5.41) is 0. The van der Waals surface area contributed by atoms with Crippen LogP contribution in [-0.2, 0) is 11.2 Å². The number of carbonyl (C=O) groups excluding carboxylic acids is 1. The molecule has 0 atom stereocenters. The fourth-order valence-electron chi connectivity index (χ4n) is 3.00. The Kier molecular flexibility index (Phi) is 5.50. The Hall–Kier alpha value is -2.49. The number of rotatable bonds is 5. The van der Waals surface area contributed by atoms with Crippen LogP contribution in [0.5, 0.6) is 17.2 Å². The Balaban J connectivity index is 2.42. The normalized spacial score (nSPS) is 10.4. The van der Waals surface area contributed by atoms with Gasteiger partial charge in [-0.3, -0.25) is 4.79 Å². The van der Waals surface area contributed by atoms with Crippen molar-refractivity contribution in [2.24, 2.45) is 0 Å². The van der Waals surface area contributed by atoms with E-state index in [9.17, 15) is 4.79 Å². The van der Waals surface area contributed by atoms with Crippen molar-refractivity contribution in [1.29, 1.82) is 0 Å². The average Bonchev–Trinajstić information content (AvgIpc) is 2.54. The molecule has 0 bridgehead atoms. The van der Waals surface area contributed by atoms with Gasteiger partial charge in [0.1, 0.15) is 17.2 Å². The first-order valence-electron chi connectivity index (χ1n) is 7.87. The Labute approximate surface area is 143 Å². The van der Waals surface area contributed by atoms with Crippen molar-refractivity contribution >= 4 is 5.97 Å². The van der Waals surface area contributed by atoms with E-state index in [2.05, 4.69) is 6.92 Å². The van der Waals surface area contributed by atoms with E-state index in [0.717, 1.165) is 39.3 Å². The fraction of sp³-hybridized carbons (Fsp3) is 0.350. The number of benzene rings is 2. The number of carbonyl (C=O) groups is 1. The Morgan fingerprint density at radius 2 is 1.42 bits per heavy atom. The van der Waals surface area contributed by atoms with E-state index in [1.807, 2.05) is 26.0 Å². The first-order chi connectivity index (χ1) is 11.4. The molecule has 0 spiro atoms. The highest BCUT2D eigenvalue weighted by molar-refractivity contribution is 5.69. The second-order valence-electron chi connectivity index (χ2n) is 5.83. The zero-order chi connectivity index (χ0) is 17.9. The predicted octanol–water partition coefficient (Wildman–Crippen LogP) is 4.15. The first-order valence-corrected chi connectivity index (χ1v) is 7.87. The zero-order valence-electron chi connectivity index (χ0n) is 15.1. The van der Waals surface area contributed by atoms with Crippen molar-refractivity contribution in [3.8, 4) is 17.2 Å². The summed E-state index contributed by atoms with van der Waals surface area (Å²) in [6.07, 6.45) is 0.715. The van der Waals surface area contributed by atoms with E-state index in [4.69, 9.17) is 14.2 Å². The molecule has 0 unspecified atom stereocenters. The van der Waals surface area contributed by atoms with Crippen LogP contribution in [-0.4, -0.2) is 20.2 Å². The van der Waals surface area contributed by atoms with Gasteiger partial charge in [0, 0.05) is 18.9 Å². The van der Waals surface area contributed by atoms with Crippen molar-refractivity contribution in [3.05, 3.63) is 52.1 Å². The minimum atomic E-state index is -0.320. The Bertz CT molecular complexity index is 745. The summed E-state index contributed by atoms with van der Waals surface area (Å²) in [5.41, 5.74) is 5.49. The Morgan fingerprint density at radius 3 is 1.92 bits per heavy atom. The summed E-state index contributed by atoms with van der Waals surface area (Å²) in [5.74, 6) is 2.03. The van der Waals surface area contributed by atoms with E-state index >= 15 is 0 Å². The highest BCUT2D eigenvalue weighted by atomic mass is 16.5. The lowest BCUT2D eigenvalue weighted by Crippen LogP contribution is -2.05. The quantitative estimate of drug-likeness (QED) is 0.611. The van der Waals surface area contributed by atoms with Crippen LogP contribution < -0.4 is 14.2 Å². The van der Waals surface area contributed by atoms with Crippen molar-refractivity contribution in [3.63, 3.8) is 0 Å². The third kappa shape index (κ3) is 3.53. The largest absolute Gasteiger partial charge is 0.496 e. The van der Waals surface area contributed by atoms with Crippen LogP contribution >= 0.6 is 0 Å². The van der Waals surface area contributed by atoms with Gasteiger partial charge in [-0.25, -0.2) is 0 Å². The van der Waals surface area contributed by atoms with Crippen LogP contribution in [0.4, 0.5) is 0 Å². The minimum Gasteiger partial charge on any atom is -0.496 e. The SMILES string of the molecule is COc1c(C)c(C)c(OC)c(Cc2ccc(OC(C)=O)cc2)c1C. The number of ether oxygens (including phenoxy) is 3. The molecule has 0 fully saturated rings. The molecular weight excluding hydrogens is 304 g/mol. The van der Waals surface area contributed by atoms with Crippen LogP contribution in [0.2, 0.25) is 0 Å². The van der Waals surface area contributed by atoms with Gasteiger partial charge in [0.05, 0.1) is 14.2 Å². The molecule has 2 rings (SSSR count). The Morgan fingerprint density at radius 1 is 0.875 bits per heavy atom. The van der Waals surface area contributed by atoms with Gasteiger partial charge in [-0.1, -0.05) is 12.1 Å². The topological polar surface area (TPSA) is 44.8 Å². The molecule has 0 aliphatic rings. The number of esters is 1. The summed E-state index contributed by atoms with van der Waals surface area (Å²) in [6.45, 7) is 7.53. The highest BCUT2D eigenvalue weighted by Gasteiger charge is 2.18. The second kappa shape index (κ2) is 7.39. The van der Waals surface area contributed by atoms with Gasteiger partial charge in [-0.05, 0) is 55.2 Å². The molecule has 128 valence electrons. The monoisotopic (exact) mass is 328 g/mol. The van der Waals surface area contributed by atoms with Gasteiger partial charge in [0.2, 0.25) is 0 Å². The molecule has 0 aliphatic heterocycles. The molecule has 0 aliphatic carbocycles. The van der Waals surface area contributed by atoms with Gasteiger partial charge in [0.15, 0.2) is 0 Å². The standard InChI is InChI=1S/C20H24O4/c1-12-13(2)20(23-6)18(14(3)19(12)22-5)11-16-7-9-17(10-8-16)24-15(4)21/h7-10H,11H2,1-6H3. The summed E-state index contributed by atoms with van der Waals surface area (Å²) in [6, 6.07) is 7.52. The van der Waals surface area contributed by atoms with E-state index in [1.54, 1.807) is 26.4 Å². The maximum absolute atomic E-state index is 11.0. The van der Waals surface area contributed by atoms with Gasteiger partial charge >= 0.3 is 5.97 Å². The van der Waals surface area contributed by atoms with Crippen LogP contribution in [0.15, 0.2) is 24.3 Å². The smallest absolute Gasteiger partial charge is 0.308 e. The van der Waals surface area contributed by atoms with Crippen molar-refractivity contribution < 1.29 is 19.0 Å². The highest BCUT2D eigenvalue weighted by Crippen LogP contribution is 2.38. The molecule has 0 N–H and O–H groups in total. The first kappa shape index (κ1) is 17.9. The van der Waals surface area contributed by atoms with Crippen LogP contribution in [0.25, 0.3) is 0 Å². The van der Waals surface area contributed by atoms with Crippen molar-refractivity contribution in [2.45, 2.75) is 34.1 Å². The molecule has 0 amide bonds. The van der Waals surface area contributed by atoms with Gasteiger partial charge in [-0.2, -0.15) is 0 Å². The second-order valence-corrected chi connectivity index (χ2v) is 5.83. The van der Waals surface area contributed by atoms with E-state index in [0.29, 0.717) is 12.2 Å². The fourth-order valence-corrected chi connectivity index (χ4v) is 3.00. The summed E-state index contributed by atoms with van der Waals surface area (Å²) in [4.78, 5) is 11.0. The number of hydrogen-bond donors (Lipinski definition) is 0. The molecule has 2 aromatic carbocycles. The van der Waals surface area contributed by atoms with Gasteiger partial charge in [-0.15, -0.1) is 0 Å². The van der Waals surface area contributed by atoms with Crippen LogP contribution in [0, 0.1) is 20.8 Å². The van der Waals surface area contributed by atoms with Crippen LogP contribution in [0.3, 0.4) is 0 Å². The van der Waals surface area contributed by atoms with E-state index in [-0.39, 0.29) is 5.97 Å². The molecule has 0 aromatic heterocycles. The molecule has 4 heteroatoms. The molecule has 0 heterocycles. The third-order valence-corrected chi connectivity index (χ3v) is 4.29. The predicted molar refractivity (Wildman–Crippen MR) is 94.3 cm³/mol. The maximum atomic E-state index is 11.0. The molecule has 24 heavy (non-hydrogen) atoms. The molecule has 0 saturated heterocycles. The molecular formula is C20H24O4. The van der Waals surface area contributed by atoms with Crippen LogP contribution in [0.1, 0.15) is 34.7 Å². The third-order valence-electron chi connectivity index (χ3n) is 4.29. The number of methoxy groups -OCH3 is 2. The lowest BCUT2D eigenvalue weighted by molar-refractivity contribution is -0.131. The molecule has 0 saturated carbocycles. The lowest BCUT2D eigenvalue weighted by atomic mass is 9.93. The molecule has 0 radical (unpaired) electrons. The van der Waals surface area contributed by atoms with Crippen molar-refractivity contribution in [2.75, 3.05) is 14.2 Å². The average molecular weight is 328 g/mol. The van der Waals surface area contributed by atoms with E-state index in [1.165, 1.54) is 6.92 Å². The minimum absolute atomic E-state index is 0.320. The van der Waals surface area contributed by atoms with Gasteiger partial charge < -0.3 is 14.2 Å². The zero-order valence-corrected chi connectivity index (χ0v) is 15.1. The molecule has 4 nitrogen and oxygen atoms in total. The maximum Gasteiger partial charge on any atom is 0.308 e. The van der Waals surface area contributed by atoms with E-state index < -0.39 is 0 Å². The molecule has 2 aromatic rings. The number of hydrogen-bond acceptors (Lipinski definition) is 4. The summed E-state index contributed by atoms with van der Waals surface area (Å²) in [7, 11) is 3.39. The summed E-state index contributed by atoms with van der Waals surface area (Å²) >= 11 is 0. The van der Waals surface area contributed by atoms with Gasteiger partial charge in [0.25, 0.3) is 0 Å². The lowest BCUT2D eigenvalue weighted by Gasteiger charge is -2.20. The van der Waals surface area contributed by atoms with Crippen molar-refractivity contribution in [1.82, 2.24) is 0 Å². The summed E-state index contributed by atoms with van der Waals surface area (Å²) < 4.78 is 16.3.